The maximum atomic E-state index is 12.4. The van der Waals surface area contributed by atoms with Gasteiger partial charge in [-0.3, -0.25) is 9.59 Å². The molecule has 2 aromatic heterocycles. The predicted octanol–water partition coefficient (Wildman–Crippen LogP) is 2.41. The molecule has 3 aromatic rings. The Morgan fingerprint density at radius 3 is 2.68 bits per heavy atom. The summed E-state index contributed by atoms with van der Waals surface area (Å²) < 4.78 is 1.35. The van der Waals surface area contributed by atoms with E-state index in [4.69, 9.17) is 0 Å². The normalized spacial score (nSPS) is 10.6. The van der Waals surface area contributed by atoms with Crippen LogP contribution < -0.4 is 10.9 Å². The van der Waals surface area contributed by atoms with Crippen molar-refractivity contribution in [3.8, 4) is 10.6 Å². The highest BCUT2D eigenvalue weighted by Gasteiger charge is 2.15. The molecule has 128 valence electrons. The average molecular weight is 354 g/mol. The van der Waals surface area contributed by atoms with Gasteiger partial charge >= 0.3 is 0 Å². The molecule has 0 spiro atoms. The van der Waals surface area contributed by atoms with E-state index in [9.17, 15) is 9.59 Å². The second-order valence-corrected chi connectivity index (χ2v) is 6.59. The predicted molar refractivity (Wildman–Crippen MR) is 97.9 cm³/mol. The molecule has 2 heterocycles. The molecule has 0 atom stereocenters. The monoisotopic (exact) mass is 354 g/mol. The summed E-state index contributed by atoms with van der Waals surface area (Å²) in [4.78, 5) is 29.2. The maximum Gasteiger partial charge on any atom is 0.266 e. The number of benzene rings is 1. The standard InChI is InChI=1S/C18H18N4O2S/c1-12-8-9-15(23)22(21-12)11-10-19-17(24)16-13(2)20-18(25-16)14-6-4-3-5-7-14/h3-9H,10-11H2,1-2H3,(H,19,24). The number of hydrogen-bond acceptors (Lipinski definition) is 5. The van der Waals surface area contributed by atoms with Crippen LogP contribution in [0.5, 0.6) is 0 Å². The van der Waals surface area contributed by atoms with Gasteiger partial charge in [-0.15, -0.1) is 11.3 Å². The first-order valence-corrected chi connectivity index (χ1v) is 8.72. The number of aromatic nitrogens is 3. The zero-order chi connectivity index (χ0) is 17.8. The number of rotatable bonds is 5. The molecule has 25 heavy (non-hydrogen) atoms. The van der Waals surface area contributed by atoms with E-state index in [0.29, 0.717) is 23.7 Å². The highest BCUT2D eigenvalue weighted by atomic mass is 32.1. The second kappa shape index (κ2) is 7.40. The van der Waals surface area contributed by atoms with Crippen LogP contribution in [0, 0.1) is 13.8 Å². The van der Waals surface area contributed by atoms with Gasteiger partial charge in [0.25, 0.3) is 11.5 Å². The topological polar surface area (TPSA) is 76.9 Å². The van der Waals surface area contributed by atoms with Crippen LogP contribution >= 0.6 is 11.3 Å². The lowest BCUT2D eigenvalue weighted by molar-refractivity contribution is 0.0955. The summed E-state index contributed by atoms with van der Waals surface area (Å²) >= 11 is 1.37. The second-order valence-electron chi connectivity index (χ2n) is 5.59. The Morgan fingerprint density at radius 2 is 1.92 bits per heavy atom. The molecule has 0 unspecified atom stereocenters. The Morgan fingerprint density at radius 1 is 1.16 bits per heavy atom. The number of thiazole rings is 1. The van der Waals surface area contributed by atoms with Crippen LogP contribution in [-0.4, -0.2) is 27.2 Å². The van der Waals surface area contributed by atoms with Crippen molar-refractivity contribution in [3.05, 3.63) is 69.1 Å². The van der Waals surface area contributed by atoms with Crippen LogP contribution in [0.15, 0.2) is 47.3 Å². The molecule has 0 saturated heterocycles. The third-order valence-electron chi connectivity index (χ3n) is 3.63. The van der Waals surface area contributed by atoms with Crippen molar-refractivity contribution >= 4 is 17.2 Å². The highest BCUT2D eigenvalue weighted by Crippen LogP contribution is 2.27. The molecule has 0 radical (unpaired) electrons. The lowest BCUT2D eigenvalue weighted by Crippen LogP contribution is -2.31. The summed E-state index contributed by atoms with van der Waals surface area (Å²) in [6.07, 6.45) is 0. The van der Waals surface area contributed by atoms with E-state index in [-0.39, 0.29) is 11.5 Å². The largest absolute Gasteiger partial charge is 0.349 e. The summed E-state index contributed by atoms with van der Waals surface area (Å²) in [7, 11) is 0. The highest BCUT2D eigenvalue weighted by molar-refractivity contribution is 7.17. The molecule has 1 amide bonds. The number of carbonyl (C=O) groups excluding carboxylic acids is 1. The minimum absolute atomic E-state index is 0.180. The molecule has 3 rings (SSSR count). The number of nitrogens with one attached hydrogen (secondary N) is 1. The van der Waals surface area contributed by atoms with Crippen molar-refractivity contribution in [2.45, 2.75) is 20.4 Å². The Balaban J connectivity index is 1.67. The van der Waals surface area contributed by atoms with Crippen LogP contribution in [-0.2, 0) is 6.54 Å². The van der Waals surface area contributed by atoms with E-state index in [2.05, 4.69) is 15.4 Å². The van der Waals surface area contributed by atoms with Gasteiger partial charge in [0.05, 0.1) is 17.9 Å². The van der Waals surface area contributed by atoms with Crippen LogP contribution in [0.1, 0.15) is 21.1 Å². The molecule has 6 nitrogen and oxygen atoms in total. The van der Waals surface area contributed by atoms with Crippen LogP contribution in [0.4, 0.5) is 0 Å². The number of aryl methyl sites for hydroxylation is 2. The van der Waals surface area contributed by atoms with Crippen LogP contribution in [0.3, 0.4) is 0 Å². The number of carbonyl (C=O) groups is 1. The summed E-state index contributed by atoms with van der Waals surface area (Å²) in [6, 6.07) is 12.9. The molecular weight excluding hydrogens is 336 g/mol. The smallest absolute Gasteiger partial charge is 0.266 e. The van der Waals surface area contributed by atoms with Crippen molar-refractivity contribution in [3.63, 3.8) is 0 Å². The first-order chi connectivity index (χ1) is 12.0. The first kappa shape index (κ1) is 17.0. The minimum Gasteiger partial charge on any atom is -0.349 e. The Kier molecular flexibility index (Phi) is 5.04. The average Bonchev–Trinajstić information content (AvgIpc) is 3.00. The van der Waals surface area contributed by atoms with Gasteiger partial charge in [0.2, 0.25) is 0 Å². The summed E-state index contributed by atoms with van der Waals surface area (Å²) in [5.41, 5.74) is 2.27. The van der Waals surface area contributed by atoms with Gasteiger partial charge in [0.15, 0.2) is 0 Å². The van der Waals surface area contributed by atoms with E-state index < -0.39 is 0 Å². The molecule has 0 aliphatic rings. The van der Waals surface area contributed by atoms with Crippen molar-refractivity contribution < 1.29 is 4.79 Å². The minimum atomic E-state index is -0.183. The van der Waals surface area contributed by atoms with E-state index in [1.807, 2.05) is 44.2 Å². The summed E-state index contributed by atoms with van der Waals surface area (Å²) in [5, 5.41) is 7.80. The van der Waals surface area contributed by atoms with Gasteiger partial charge in [-0.2, -0.15) is 5.10 Å². The lowest BCUT2D eigenvalue weighted by Gasteiger charge is -2.06. The molecule has 1 N–H and O–H groups in total. The van der Waals surface area contributed by atoms with Gasteiger partial charge in [-0.25, -0.2) is 9.67 Å². The van der Waals surface area contributed by atoms with Crippen molar-refractivity contribution in [2.75, 3.05) is 6.54 Å². The summed E-state index contributed by atoms with van der Waals surface area (Å²) in [5.74, 6) is -0.183. The molecule has 0 aliphatic heterocycles. The number of hydrogen-bond donors (Lipinski definition) is 1. The maximum absolute atomic E-state index is 12.4. The van der Waals surface area contributed by atoms with Crippen LogP contribution in [0.2, 0.25) is 0 Å². The molecule has 1 aromatic carbocycles. The van der Waals surface area contributed by atoms with Gasteiger partial charge in [-0.05, 0) is 19.9 Å². The SMILES string of the molecule is Cc1ccc(=O)n(CCNC(=O)c2sc(-c3ccccc3)nc2C)n1. The molecular formula is C18H18N4O2S. The van der Waals surface area contributed by atoms with E-state index in [0.717, 1.165) is 16.3 Å². The van der Waals surface area contributed by atoms with Crippen molar-refractivity contribution in [1.29, 1.82) is 0 Å². The van der Waals surface area contributed by atoms with Gasteiger partial charge < -0.3 is 5.32 Å². The van der Waals surface area contributed by atoms with E-state index in [1.165, 1.54) is 22.1 Å². The fourth-order valence-corrected chi connectivity index (χ4v) is 3.37. The zero-order valence-electron chi connectivity index (χ0n) is 14.0. The fourth-order valence-electron chi connectivity index (χ4n) is 2.38. The molecule has 0 aliphatic carbocycles. The van der Waals surface area contributed by atoms with Gasteiger partial charge in [0.1, 0.15) is 9.88 Å². The molecule has 0 saturated carbocycles. The Labute approximate surface area is 149 Å². The molecule has 0 bridgehead atoms. The van der Waals surface area contributed by atoms with Gasteiger partial charge in [0, 0.05) is 18.2 Å². The molecule has 0 fully saturated rings. The lowest BCUT2D eigenvalue weighted by atomic mass is 10.2. The van der Waals surface area contributed by atoms with Crippen molar-refractivity contribution in [2.24, 2.45) is 0 Å². The number of amides is 1. The number of nitrogens with zero attached hydrogens (tertiary/aromatic N) is 3. The van der Waals surface area contributed by atoms with E-state index >= 15 is 0 Å². The zero-order valence-corrected chi connectivity index (χ0v) is 14.8. The molecule has 7 heteroatoms. The summed E-state index contributed by atoms with van der Waals surface area (Å²) in [6.45, 7) is 4.30. The third kappa shape index (κ3) is 4.00. The van der Waals surface area contributed by atoms with Gasteiger partial charge in [-0.1, -0.05) is 30.3 Å². The Hall–Kier alpha value is -2.80. The van der Waals surface area contributed by atoms with Crippen molar-refractivity contribution in [1.82, 2.24) is 20.1 Å². The third-order valence-corrected chi connectivity index (χ3v) is 4.84. The van der Waals surface area contributed by atoms with Crippen LogP contribution in [0.25, 0.3) is 10.6 Å². The fraction of sp³-hybridized carbons (Fsp3) is 0.222. The first-order valence-electron chi connectivity index (χ1n) is 7.90. The Bertz CT molecular complexity index is 947. The van der Waals surface area contributed by atoms with E-state index in [1.54, 1.807) is 6.07 Å². The quantitative estimate of drug-likeness (QED) is 0.763.